The van der Waals surface area contributed by atoms with Gasteiger partial charge in [0.1, 0.15) is 6.10 Å². The Bertz CT molecular complexity index is 348. The molecule has 0 aromatic heterocycles. The molecular formula is C10H13Br3O4. The Labute approximate surface area is 125 Å². The highest BCUT2D eigenvalue weighted by Crippen LogP contribution is 2.64. The molecule has 98 valence electrons. The largest absolute Gasteiger partial charge is 0.481 e. The second-order valence-corrected chi connectivity index (χ2v) is 11.7. The molecule has 0 heterocycles. The molecular weight excluding hydrogens is 424 g/mol. The van der Waals surface area contributed by atoms with Crippen LogP contribution in [0.5, 0.6) is 0 Å². The van der Waals surface area contributed by atoms with Gasteiger partial charge < -0.3 is 9.84 Å². The number of aliphatic carboxylic acids is 1. The van der Waals surface area contributed by atoms with Crippen LogP contribution in [0.1, 0.15) is 20.8 Å². The van der Waals surface area contributed by atoms with Crippen molar-refractivity contribution in [1.29, 1.82) is 0 Å². The monoisotopic (exact) mass is 434 g/mol. The van der Waals surface area contributed by atoms with Gasteiger partial charge in [0.25, 0.3) is 0 Å². The molecule has 0 bridgehead atoms. The number of carboxylic acid groups (broad SMARTS) is 1. The maximum Gasteiger partial charge on any atom is 0.307 e. The lowest BCUT2D eigenvalue weighted by molar-refractivity contribution is -0.148. The van der Waals surface area contributed by atoms with Gasteiger partial charge in [0.15, 0.2) is 2.14 Å². The summed E-state index contributed by atoms with van der Waals surface area (Å²) in [6.45, 7) is 5.01. The fourth-order valence-electron chi connectivity index (χ4n) is 2.24. The number of carbonyl (C=O) groups is 2. The molecule has 0 spiro atoms. The topological polar surface area (TPSA) is 63.6 Å². The lowest BCUT2D eigenvalue weighted by atomic mass is 10.1. The summed E-state index contributed by atoms with van der Waals surface area (Å²) in [5, 5.41) is 9.12. The molecule has 1 aliphatic rings. The second kappa shape index (κ2) is 4.81. The number of hydrogen-bond donors (Lipinski definition) is 1. The first-order valence-electron chi connectivity index (χ1n) is 4.96. The molecule has 0 aliphatic heterocycles. The summed E-state index contributed by atoms with van der Waals surface area (Å²) in [7, 11) is 0. The van der Waals surface area contributed by atoms with Crippen LogP contribution >= 0.6 is 47.8 Å². The van der Waals surface area contributed by atoms with Crippen molar-refractivity contribution in [2.75, 3.05) is 0 Å². The average Bonchev–Trinajstić information content (AvgIpc) is 2.62. The molecule has 17 heavy (non-hydrogen) atoms. The summed E-state index contributed by atoms with van der Waals surface area (Å²) in [5.74, 6) is -2.07. The van der Waals surface area contributed by atoms with Crippen LogP contribution in [0.2, 0.25) is 0 Å². The number of halogens is 3. The highest BCUT2D eigenvalue weighted by Gasteiger charge is 2.68. The van der Waals surface area contributed by atoms with E-state index in [2.05, 4.69) is 47.8 Å². The molecule has 7 heteroatoms. The summed E-state index contributed by atoms with van der Waals surface area (Å²) >= 11 is 9.92. The molecule has 2 unspecified atom stereocenters. The average molecular weight is 437 g/mol. The highest BCUT2D eigenvalue weighted by molar-refractivity contribution is 9.39. The van der Waals surface area contributed by atoms with E-state index in [1.165, 1.54) is 6.92 Å². The van der Waals surface area contributed by atoms with Gasteiger partial charge in [0.2, 0.25) is 0 Å². The quantitative estimate of drug-likeness (QED) is 0.545. The first-order valence-corrected chi connectivity index (χ1v) is 7.34. The van der Waals surface area contributed by atoms with Crippen LogP contribution in [-0.2, 0) is 14.3 Å². The van der Waals surface area contributed by atoms with Crippen LogP contribution < -0.4 is 0 Å². The Hall–Kier alpha value is 0.380. The summed E-state index contributed by atoms with van der Waals surface area (Å²) in [6.07, 6.45) is -0.601. The Morgan fingerprint density at radius 2 is 1.82 bits per heavy atom. The highest BCUT2D eigenvalue weighted by atomic mass is 80.0. The third-order valence-corrected chi connectivity index (χ3v) is 4.47. The van der Waals surface area contributed by atoms with Gasteiger partial charge in [-0.2, -0.15) is 0 Å². The van der Waals surface area contributed by atoms with Crippen molar-refractivity contribution in [3.8, 4) is 0 Å². The van der Waals surface area contributed by atoms with Crippen molar-refractivity contribution < 1.29 is 19.4 Å². The lowest BCUT2D eigenvalue weighted by Gasteiger charge is -2.26. The minimum atomic E-state index is -0.867. The molecule has 1 fully saturated rings. The number of esters is 1. The zero-order valence-corrected chi connectivity index (χ0v) is 14.3. The number of alkyl halides is 3. The summed E-state index contributed by atoms with van der Waals surface area (Å²) in [6, 6.07) is 0. The second-order valence-electron chi connectivity index (χ2n) is 4.73. The van der Waals surface area contributed by atoms with Gasteiger partial charge in [-0.3, -0.25) is 9.59 Å². The number of hydrogen-bond acceptors (Lipinski definition) is 3. The standard InChI is InChI=1S/C10H13Br3O4/c1-4(14)17-7(10(11,12)13)5-6(8(15)16)9(5,2)3/h5-7H,1-3H3,(H,15,16)/t5?,6?,7-/m1/s1. The Morgan fingerprint density at radius 1 is 1.35 bits per heavy atom. The fourth-order valence-corrected chi connectivity index (χ4v) is 3.37. The molecule has 1 aliphatic carbocycles. The maximum atomic E-state index is 11.1. The minimum Gasteiger partial charge on any atom is -0.481 e. The molecule has 0 saturated heterocycles. The normalized spacial score (nSPS) is 28.4. The van der Waals surface area contributed by atoms with Crippen LogP contribution in [0.4, 0.5) is 0 Å². The van der Waals surface area contributed by atoms with E-state index in [4.69, 9.17) is 9.84 Å². The van der Waals surface area contributed by atoms with Gasteiger partial charge in [0.05, 0.1) is 5.92 Å². The minimum absolute atomic E-state index is 0.248. The zero-order chi connectivity index (χ0) is 13.6. The molecule has 1 saturated carbocycles. The van der Waals surface area contributed by atoms with Crippen molar-refractivity contribution in [3.05, 3.63) is 0 Å². The molecule has 0 radical (unpaired) electrons. The molecule has 0 amide bonds. The smallest absolute Gasteiger partial charge is 0.307 e. The molecule has 0 aromatic rings. The van der Waals surface area contributed by atoms with Crippen LogP contribution in [0.15, 0.2) is 0 Å². The molecule has 3 atom stereocenters. The van der Waals surface area contributed by atoms with Crippen molar-refractivity contribution in [2.45, 2.75) is 29.0 Å². The van der Waals surface area contributed by atoms with E-state index in [0.717, 1.165) is 0 Å². The summed E-state index contributed by atoms with van der Waals surface area (Å²) in [4.78, 5) is 22.2. The van der Waals surface area contributed by atoms with Crippen molar-refractivity contribution in [3.63, 3.8) is 0 Å². The summed E-state index contributed by atoms with van der Waals surface area (Å²) in [5.41, 5.74) is -0.396. The first kappa shape index (κ1) is 15.4. The van der Waals surface area contributed by atoms with Gasteiger partial charge in [-0.05, 0) is 5.41 Å². The number of ether oxygens (including phenoxy) is 1. The lowest BCUT2D eigenvalue weighted by Crippen LogP contribution is -2.33. The van der Waals surface area contributed by atoms with E-state index in [9.17, 15) is 9.59 Å². The third kappa shape index (κ3) is 3.23. The summed E-state index contributed by atoms with van der Waals surface area (Å²) < 4.78 is 4.40. The molecule has 1 rings (SSSR count). The third-order valence-electron chi connectivity index (χ3n) is 3.12. The van der Waals surface area contributed by atoms with Gasteiger partial charge in [-0.15, -0.1) is 0 Å². The first-order chi connectivity index (χ1) is 7.49. The Morgan fingerprint density at radius 3 is 2.06 bits per heavy atom. The van der Waals surface area contributed by atoms with Gasteiger partial charge in [-0.1, -0.05) is 61.6 Å². The van der Waals surface area contributed by atoms with Crippen LogP contribution in [0, 0.1) is 17.3 Å². The zero-order valence-electron chi connectivity index (χ0n) is 9.54. The number of carboxylic acids is 1. The Balaban J connectivity index is 2.95. The van der Waals surface area contributed by atoms with E-state index in [1.807, 2.05) is 13.8 Å². The predicted octanol–water partition coefficient (Wildman–Crippen LogP) is 3.11. The fraction of sp³-hybridized carbons (Fsp3) is 0.800. The van der Waals surface area contributed by atoms with Gasteiger partial charge in [0, 0.05) is 12.8 Å². The molecule has 4 nitrogen and oxygen atoms in total. The SMILES string of the molecule is CC(=O)O[C@H](C1C(C(=O)O)C1(C)C)C(Br)(Br)Br. The predicted molar refractivity (Wildman–Crippen MR) is 73.5 cm³/mol. The van der Waals surface area contributed by atoms with Crippen molar-refractivity contribution >= 4 is 59.7 Å². The van der Waals surface area contributed by atoms with Crippen molar-refractivity contribution in [2.24, 2.45) is 17.3 Å². The molecule has 1 N–H and O–H groups in total. The van der Waals surface area contributed by atoms with Crippen LogP contribution in [0.3, 0.4) is 0 Å². The van der Waals surface area contributed by atoms with Crippen LogP contribution in [0.25, 0.3) is 0 Å². The van der Waals surface area contributed by atoms with Gasteiger partial charge >= 0.3 is 11.9 Å². The van der Waals surface area contributed by atoms with Crippen molar-refractivity contribution in [1.82, 2.24) is 0 Å². The van der Waals surface area contributed by atoms with E-state index in [-0.39, 0.29) is 5.92 Å². The van der Waals surface area contributed by atoms with E-state index >= 15 is 0 Å². The van der Waals surface area contributed by atoms with E-state index in [0.29, 0.717) is 0 Å². The van der Waals surface area contributed by atoms with E-state index < -0.39 is 31.5 Å². The van der Waals surface area contributed by atoms with Gasteiger partial charge in [-0.25, -0.2) is 0 Å². The van der Waals surface area contributed by atoms with Crippen LogP contribution in [-0.4, -0.2) is 25.3 Å². The number of rotatable bonds is 3. The number of carbonyl (C=O) groups excluding carboxylic acids is 1. The maximum absolute atomic E-state index is 11.1. The molecule has 0 aromatic carbocycles. The Kier molecular flexibility index (Phi) is 4.37. The van der Waals surface area contributed by atoms with E-state index in [1.54, 1.807) is 0 Å².